The molecule has 1 N–H and O–H groups in total. The van der Waals surface area contributed by atoms with Crippen LogP contribution in [0.2, 0.25) is 0 Å². The van der Waals surface area contributed by atoms with Crippen molar-refractivity contribution in [1.29, 1.82) is 0 Å². The molecule has 1 aliphatic rings. The van der Waals surface area contributed by atoms with Crippen LogP contribution in [-0.4, -0.2) is 19.0 Å². The monoisotopic (exact) mass is 559 g/mol. The minimum Gasteiger partial charge on any atom is -0.465 e. The van der Waals surface area contributed by atoms with Gasteiger partial charge in [0.2, 0.25) is 0 Å². The van der Waals surface area contributed by atoms with Gasteiger partial charge in [-0.15, -0.1) is 11.3 Å². The number of carbonyl (C=O) groups is 2. The van der Waals surface area contributed by atoms with Crippen LogP contribution >= 0.6 is 11.3 Å². The molecule has 0 spiro atoms. The van der Waals surface area contributed by atoms with Crippen LogP contribution in [0.5, 0.6) is 0 Å². The summed E-state index contributed by atoms with van der Waals surface area (Å²) < 4.78 is 24.3. The highest BCUT2D eigenvalue weighted by Crippen LogP contribution is 2.46. The van der Waals surface area contributed by atoms with E-state index < -0.39 is 11.9 Å². The first-order chi connectivity index (χ1) is 18.9. The van der Waals surface area contributed by atoms with Crippen LogP contribution in [-0.2, 0) is 22.0 Å². The Bertz CT molecular complexity index is 1590. The summed E-state index contributed by atoms with van der Waals surface area (Å²) in [7, 11) is 1.29. The fourth-order valence-corrected chi connectivity index (χ4v) is 6.45. The number of ether oxygens (including phenoxy) is 1. The predicted molar refractivity (Wildman–Crippen MR) is 157 cm³/mol. The van der Waals surface area contributed by atoms with E-state index in [4.69, 9.17) is 9.15 Å². The average Bonchev–Trinajstić information content (AvgIpc) is 3.55. The van der Waals surface area contributed by atoms with E-state index in [1.807, 2.05) is 6.07 Å². The van der Waals surface area contributed by atoms with Gasteiger partial charge in [0.1, 0.15) is 16.5 Å². The lowest BCUT2D eigenvalue weighted by Crippen LogP contribution is -2.34. The van der Waals surface area contributed by atoms with Crippen molar-refractivity contribution in [3.05, 3.63) is 99.1 Å². The van der Waals surface area contributed by atoms with Gasteiger partial charge in [-0.3, -0.25) is 4.79 Å². The molecule has 5 rings (SSSR count). The van der Waals surface area contributed by atoms with Gasteiger partial charge < -0.3 is 14.5 Å². The van der Waals surface area contributed by atoms with Crippen molar-refractivity contribution in [1.82, 2.24) is 0 Å². The van der Waals surface area contributed by atoms with Crippen molar-refractivity contribution in [3.8, 4) is 10.4 Å². The number of fused-ring (bicyclic) bond motifs is 1. The predicted octanol–water partition coefficient (Wildman–Crippen LogP) is 8.43. The van der Waals surface area contributed by atoms with Crippen LogP contribution in [0.4, 0.5) is 10.1 Å². The number of hydrogen-bond donors (Lipinski definition) is 1. The van der Waals surface area contributed by atoms with E-state index in [0.717, 1.165) is 18.4 Å². The summed E-state index contributed by atoms with van der Waals surface area (Å²) in [5, 5.41) is 2.80. The molecular formula is C33H34FNO4S. The number of methoxy groups -OCH3 is 1. The van der Waals surface area contributed by atoms with Crippen molar-refractivity contribution < 1.29 is 23.1 Å². The maximum absolute atomic E-state index is 13.4. The van der Waals surface area contributed by atoms with Crippen LogP contribution in [0, 0.1) is 12.7 Å². The molecule has 40 heavy (non-hydrogen) atoms. The summed E-state index contributed by atoms with van der Waals surface area (Å²) in [6.45, 7) is 11.4. The topological polar surface area (TPSA) is 68.5 Å². The molecule has 2 heterocycles. The minimum atomic E-state index is -0.567. The van der Waals surface area contributed by atoms with Gasteiger partial charge in [-0.2, -0.15) is 0 Å². The Morgan fingerprint density at radius 3 is 2.27 bits per heavy atom. The molecule has 1 amide bonds. The maximum Gasteiger partial charge on any atom is 0.350 e. The zero-order valence-electron chi connectivity index (χ0n) is 23.7. The van der Waals surface area contributed by atoms with Crippen LogP contribution < -0.4 is 5.32 Å². The highest BCUT2D eigenvalue weighted by Gasteiger charge is 2.37. The van der Waals surface area contributed by atoms with Gasteiger partial charge in [0.05, 0.1) is 12.8 Å². The fourth-order valence-electron chi connectivity index (χ4n) is 5.41. The third kappa shape index (κ3) is 5.35. The van der Waals surface area contributed by atoms with E-state index >= 15 is 0 Å². The lowest BCUT2D eigenvalue weighted by Gasteiger charge is -2.42. The molecular weight excluding hydrogens is 525 g/mol. The third-order valence-electron chi connectivity index (χ3n) is 8.04. The summed E-state index contributed by atoms with van der Waals surface area (Å²) in [5.41, 5.74) is 6.48. The van der Waals surface area contributed by atoms with E-state index in [1.54, 1.807) is 24.3 Å². The summed E-state index contributed by atoms with van der Waals surface area (Å²) in [4.78, 5) is 26.5. The van der Waals surface area contributed by atoms with Crippen LogP contribution in [0.25, 0.3) is 10.4 Å². The number of rotatable bonds is 6. The number of nitrogens with one attached hydrogen (secondary N) is 1. The molecule has 0 saturated carbocycles. The van der Waals surface area contributed by atoms with E-state index in [2.05, 4.69) is 52.1 Å². The lowest BCUT2D eigenvalue weighted by molar-refractivity contribution is 0.0607. The largest absolute Gasteiger partial charge is 0.465 e. The van der Waals surface area contributed by atoms with Crippen molar-refractivity contribution in [2.45, 2.75) is 64.7 Å². The lowest BCUT2D eigenvalue weighted by atomic mass is 9.62. The first kappa shape index (κ1) is 27.8. The highest BCUT2D eigenvalue weighted by atomic mass is 32.1. The van der Waals surface area contributed by atoms with Gasteiger partial charge in [-0.25, -0.2) is 9.18 Å². The smallest absolute Gasteiger partial charge is 0.350 e. The number of anilines is 1. The normalized spacial score (nSPS) is 15.4. The molecule has 0 bridgehead atoms. The number of amides is 1. The Balaban J connectivity index is 1.38. The average molecular weight is 560 g/mol. The highest BCUT2D eigenvalue weighted by molar-refractivity contribution is 7.18. The Morgan fingerprint density at radius 2 is 1.62 bits per heavy atom. The van der Waals surface area contributed by atoms with E-state index in [-0.39, 0.29) is 27.3 Å². The number of halogens is 1. The molecule has 5 nitrogen and oxygen atoms in total. The van der Waals surface area contributed by atoms with Crippen molar-refractivity contribution in [2.24, 2.45) is 0 Å². The number of furan rings is 1. The van der Waals surface area contributed by atoms with Crippen molar-refractivity contribution in [2.75, 3.05) is 12.4 Å². The number of carbonyl (C=O) groups excluding carboxylic acids is 2. The molecule has 0 radical (unpaired) electrons. The molecule has 0 aliphatic heterocycles. The maximum atomic E-state index is 13.4. The molecule has 208 valence electrons. The standard InChI is InChI=1S/C33H34FNO4S/c1-19-15-24-25(33(4,5)14-13-32(24,2)3)17-21(19)16-23-11-12-27(39-23)30(36)35-26-18-28(40-29(26)31(37)38-6)20-7-9-22(34)10-8-20/h7-12,15,17-18H,13-14,16H2,1-6H3,(H,35,36). The van der Waals surface area contributed by atoms with Crippen LogP contribution in [0.1, 0.15) is 88.8 Å². The zero-order chi connectivity index (χ0) is 28.8. The number of benzene rings is 2. The third-order valence-corrected chi connectivity index (χ3v) is 9.20. The first-order valence-electron chi connectivity index (χ1n) is 13.4. The molecule has 1 aliphatic carbocycles. The molecule has 0 atom stereocenters. The summed E-state index contributed by atoms with van der Waals surface area (Å²) >= 11 is 1.17. The summed E-state index contributed by atoms with van der Waals surface area (Å²) in [5.74, 6) is -0.550. The minimum absolute atomic E-state index is 0.103. The fraction of sp³-hybridized carbons (Fsp3) is 0.333. The Labute approximate surface area is 238 Å². The Kier molecular flexibility index (Phi) is 7.21. The molecule has 4 aromatic rings. The Hall–Kier alpha value is -3.71. The summed E-state index contributed by atoms with van der Waals surface area (Å²) in [6, 6.07) is 15.7. The van der Waals surface area contributed by atoms with E-state index in [9.17, 15) is 14.0 Å². The molecule has 7 heteroatoms. The molecule has 0 fully saturated rings. The van der Waals surface area contributed by atoms with Gasteiger partial charge in [-0.1, -0.05) is 52.0 Å². The van der Waals surface area contributed by atoms with Gasteiger partial charge in [0.25, 0.3) is 5.91 Å². The number of esters is 1. The van der Waals surface area contributed by atoms with Crippen molar-refractivity contribution in [3.63, 3.8) is 0 Å². The second kappa shape index (κ2) is 10.4. The van der Waals surface area contributed by atoms with Gasteiger partial charge in [-0.05, 0) is 88.7 Å². The molecule has 0 unspecified atom stereocenters. The number of hydrogen-bond acceptors (Lipinski definition) is 5. The molecule has 2 aromatic carbocycles. The van der Waals surface area contributed by atoms with Crippen LogP contribution in [0.15, 0.2) is 59.0 Å². The van der Waals surface area contributed by atoms with Gasteiger partial charge in [0.15, 0.2) is 5.76 Å². The van der Waals surface area contributed by atoms with Crippen molar-refractivity contribution >= 4 is 28.9 Å². The molecule has 0 saturated heterocycles. The summed E-state index contributed by atoms with van der Waals surface area (Å²) in [6.07, 6.45) is 2.87. The quantitative estimate of drug-likeness (QED) is 0.241. The Morgan fingerprint density at radius 1 is 0.975 bits per heavy atom. The SMILES string of the molecule is COC(=O)c1sc(-c2ccc(F)cc2)cc1NC(=O)c1ccc(Cc2cc3c(cc2C)C(C)(C)CCC3(C)C)o1. The first-order valence-corrected chi connectivity index (χ1v) is 14.2. The van der Waals surface area contributed by atoms with Gasteiger partial charge in [0, 0.05) is 11.3 Å². The number of aryl methyl sites for hydroxylation is 1. The molecule has 2 aromatic heterocycles. The second-order valence-electron chi connectivity index (χ2n) is 11.8. The van der Waals surface area contributed by atoms with Gasteiger partial charge >= 0.3 is 5.97 Å². The van der Waals surface area contributed by atoms with E-state index in [0.29, 0.717) is 22.7 Å². The number of thiophene rings is 1. The van der Waals surface area contributed by atoms with E-state index in [1.165, 1.54) is 52.8 Å². The van der Waals surface area contributed by atoms with Crippen LogP contribution in [0.3, 0.4) is 0 Å². The zero-order valence-corrected chi connectivity index (χ0v) is 24.6. The second-order valence-corrected chi connectivity index (χ2v) is 12.9.